The number of carbonyl (C=O) groups is 1. The van der Waals surface area contributed by atoms with Gasteiger partial charge in [0.15, 0.2) is 0 Å². The Labute approximate surface area is 124 Å². The first-order valence-corrected chi connectivity index (χ1v) is 6.10. The molecule has 0 fully saturated rings. The van der Waals surface area contributed by atoms with E-state index in [9.17, 15) is 25.1 Å². The summed E-state index contributed by atoms with van der Waals surface area (Å²) < 4.78 is 0. The number of benzene rings is 1. The zero-order valence-electron chi connectivity index (χ0n) is 11.2. The van der Waals surface area contributed by atoms with Gasteiger partial charge in [-0.2, -0.15) is 5.10 Å². The number of nitro benzene ring substituents is 1. The van der Waals surface area contributed by atoms with Gasteiger partial charge >= 0.3 is 0 Å². The monoisotopic (exact) mass is 313 g/mol. The summed E-state index contributed by atoms with van der Waals surface area (Å²) in [5.74, 6) is -0.685. The number of hydrogen-bond acceptors (Lipinski definition) is 8. The first-order valence-electron chi connectivity index (χ1n) is 6.10. The molecule has 10 nitrogen and oxygen atoms in total. The van der Waals surface area contributed by atoms with Crippen molar-refractivity contribution in [1.82, 2.24) is 5.43 Å². The highest BCUT2D eigenvalue weighted by molar-refractivity contribution is 5.94. The predicted molar refractivity (Wildman–Crippen MR) is 74.2 cm³/mol. The molecule has 0 aliphatic heterocycles. The average molecular weight is 313 g/mol. The van der Waals surface area contributed by atoms with Gasteiger partial charge in [-0.15, -0.1) is 0 Å². The van der Waals surface area contributed by atoms with E-state index < -0.39 is 35.7 Å². The van der Waals surface area contributed by atoms with Crippen molar-refractivity contribution in [3.8, 4) is 0 Å². The molecule has 0 bridgehead atoms. The normalized spacial score (nSPS) is 15.3. The minimum absolute atomic E-state index is 0.105. The van der Waals surface area contributed by atoms with Crippen LogP contribution in [0.4, 0.5) is 5.69 Å². The number of non-ortho nitro benzene ring substituents is 1. The molecule has 1 aromatic carbocycles. The summed E-state index contributed by atoms with van der Waals surface area (Å²) in [4.78, 5) is 21.5. The lowest BCUT2D eigenvalue weighted by Crippen LogP contribution is -2.40. The molecule has 1 rings (SSSR count). The summed E-state index contributed by atoms with van der Waals surface area (Å²) in [5.41, 5.74) is 1.97. The summed E-state index contributed by atoms with van der Waals surface area (Å²) in [7, 11) is 0. The Balaban J connectivity index is 2.58. The van der Waals surface area contributed by atoms with E-state index in [1.165, 1.54) is 12.1 Å². The van der Waals surface area contributed by atoms with Gasteiger partial charge in [-0.3, -0.25) is 14.9 Å². The fraction of sp³-hybridized carbons (Fsp3) is 0.333. The third-order valence-electron chi connectivity index (χ3n) is 2.66. The fourth-order valence-corrected chi connectivity index (χ4v) is 1.40. The van der Waals surface area contributed by atoms with Crippen LogP contribution in [0, 0.1) is 10.1 Å². The molecule has 5 N–H and O–H groups in total. The van der Waals surface area contributed by atoms with Crippen LogP contribution in [0.5, 0.6) is 0 Å². The van der Waals surface area contributed by atoms with Crippen molar-refractivity contribution in [2.75, 3.05) is 6.61 Å². The molecule has 10 heteroatoms. The van der Waals surface area contributed by atoms with Crippen molar-refractivity contribution in [1.29, 1.82) is 0 Å². The van der Waals surface area contributed by atoms with Crippen LogP contribution in [-0.4, -0.2) is 62.4 Å². The van der Waals surface area contributed by atoms with Crippen LogP contribution in [0.25, 0.3) is 0 Å². The second-order valence-corrected chi connectivity index (χ2v) is 4.25. The molecule has 0 saturated heterocycles. The first kappa shape index (κ1) is 17.7. The first-order chi connectivity index (χ1) is 10.4. The van der Waals surface area contributed by atoms with Gasteiger partial charge in [-0.05, 0) is 12.1 Å². The lowest BCUT2D eigenvalue weighted by molar-refractivity contribution is -0.384. The van der Waals surface area contributed by atoms with Crippen molar-refractivity contribution >= 4 is 17.8 Å². The Morgan fingerprint density at radius 1 is 1.32 bits per heavy atom. The van der Waals surface area contributed by atoms with Crippen molar-refractivity contribution in [3.05, 3.63) is 39.9 Å². The van der Waals surface area contributed by atoms with E-state index in [1.54, 1.807) is 0 Å². The Morgan fingerprint density at radius 2 is 1.91 bits per heavy atom. The van der Waals surface area contributed by atoms with Gasteiger partial charge in [-0.1, -0.05) is 0 Å². The topological polar surface area (TPSA) is 166 Å². The van der Waals surface area contributed by atoms with Crippen molar-refractivity contribution in [2.24, 2.45) is 5.10 Å². The Kier molecular flexibility index (Phi) is 6.53. The molecule has 1 amide bonds. The summed E-state index contributed by atoms with van der Waals surface area (Å²) >= 11 is 0. The molecule has 0 aliphatic rings. The Bertz CT molecular complexity index is 546. The molecule has 120 valence electrons. The van der Waals surface area contributed by atoms with E-state index in [0.717, 1.165) is 18.3 Å². The SMILES string of the molecule is O=C(NN=CC(O)C(O)C(O)CO)c1ccc([N+](=O)[O-])cc1. The fourth-order valence-electron chi connectivity index (χ4n) is 1.40. The summed E-state index contributed by atoms with van der Waals surface area (Å²) in [6.45, 7) is -0.749. The van der Waals surface area contributed by atoms with Gasteiger partial charge in [0.25, 0.3) is 11.6 Å². The van der Waals surface area contributed by atoms with Gasteiger partial charge in [0.2, 0.25) is 0 Å². The van der Waals surface area contributed by atoms with E-state index >= 15 is 0 Å². The maximum atomic E-state index is 11.6. The lowest BCUT2D eigenvalue weighted by atomic mass is 10.1. The molecule has 3 unspecified atom stereocenters. The van der Waals surface area contributed by atoms with Crippen molar-refractivity contribution < 1.29 is 30.1 Å². The number of aliphatic hydroxyl groups is 4. The number of nitro groups is 1. The largest absolute Gasteiger partial charge is 0.394 e. The molecule has 0 aromatic heterocycles. The van der Waals surface area contributed by atoms with Gasteiger partial charge in [0.1, 0.15) is 18.3 Å². The van der Waals surface area contributed by atoms with E-state index in [-0.39, 0.29) is 11.3 Å². The van der Waals surface area contributed by atoms with E-state index in [0.29, 0.717) is 0 Å². The van der Waals surface area contributed by atoms with E-state index in [4.69, 9.17) is 10.2 Å². The van der Waals surface area contributed by atoms with Crippen LogP contribution in [0.3, 0.4) is 0 Å². The molecule has 22 heavy (non-hydrogen) atoms. The molecule has 1 aromatic rings. The third-order valence-corrected chi connectivity index (χ3v) is 2.66. The van der Waals surface area contributed by atoms with Crippen LogP contribution in [0.1, 0.15) is 10.4 Å². The van der Waals surface area contributed by atoms with E-state index in [2.05, 4.69) is 5.10 Å². The lowest BCUT2D eigenvalue weighted by Gasteiger charge is -2.17. The maximum Gasteiger partial charge on any atom is 0.271 e. The summed E-state index contributed by atoms with van der Waals surface area (Å²) in [6, 6.07) is 4.75. The van der Waals surface area contributed by atoms with Gasteiger partial charge in [0.05, 0.1) is 17.7 Å². The summed E-state index contributed by atoms with van der Waals surface area (Å²) in [6.07, 6.45) is -4.04. The molecule has 0 spiro atoms. The molecular weight excluding hydrogens is 298 g/mol. The zero-order valence-corrected chi connectivity index (χ0v) is 11.2. The highest BCUT2D eigenvalue weighted by Gasteiger charge is 2.22. The zero-order chi connectivity index (χ0) is 16.7. The minimum Gasteiger partial charge on any atom is -0.394 e. The second-order valence-electron chi connectivity index (χ2n) is 4.25. The number of aliphatic hydroxyl groups excluding tert-OH is 4. The number of carbonyl (C=O) groups excluding carboxylic acids is 1. The Morgan fingerprint density at radius 3 is 2.41 bits per heavy atom. The quantitative estimate of drug-likeness (QED) is 0.229. The van der Waals surface area contributed by atoms with Crippen LogP contribution in [0.2, 0.25) is 0 Å². The van der Waals surface area contributed by atoms with Gasteiger partial charge in [0, 0.05) is 17.7 Å². The number of amides is 1. The average Bonchev–Trinajstić information content (AvgIpc) is 2.53. The van der Waals surface area contributed by atoms with Crippen LogP contribution >= 0.6 is 0 Å². The number of hydrazone groups is 1. The number of nitrogens with zero attached hydrogens (tertiary/aromatic N) is 2. The van der Waals surface area contributed by atoms with Crippen molar-refractivity contribution in [3.63, 3.8) is 0 Å². The van der Waals surface area contributed by atoms with Gasteiger partial charge in [-0.25, -0.2) is 5.43 Å². The second kappa shape index (κ2) is 8.14. The summed E-state index contributed by atoms with van der Waals surface area (Å²) in [5, 5.41) is 50.3. The highest BCUT2D eigenvalue weighted by atomic mass is 16.6. The Hall–Kier alpha value is -2.40. The molecular formula is C12H15N3O7. The molecule has 3 atom stereocenters. The van der Waals surface area contributed by atoms with Gasteiger partial charge < -0.3 is 20.4 Å². The van der Waals surface area contributed by atoms with E-state index in [1.807, 2.05) is 5.43 Å². The van der Waals surface area contributed by atoms with Crippen LogP contribution in [0.15, 0.2) is 29.4 Å². The standard InChI is InChI=1S/C12H15N3O7/c16-6-10(18)11(19)9(17)5-13-14-12(20)7-1-3-8(4-2-7)15(21)22/h1-5,9-11,16-19H,6H2,(H,14,20). The highest BCUT2D eigenvalue weighted by Crippen LogP contribution is 2.11. The predicted octanol–water partition coefficient (Wildman–Crippen LogP) is -1.61. The van der Waals surface area contributed by atoms with Crippen molar-refractivity contribution in [2.45, 2.75) is 18.3 Å². The molecule has 0 aliphatic carbocycles. The number of hydrogen-bond donors (Lipinski definition) is 5. The molecule has 0 saturated carbocycles. The van der Waals surface area contributed by atoms with Crippen LogP contribution in [-0.2, 0) is 0 Å². The number of nitrogens with one attached hydrogen (secondary N) is 1. The number of rotatable bonds is 7. The minimum atomic E-state index is -1.66. The maximum absolute atomic E-state index is 11.6. The molecule has 0 radical (unpaired) electrons. The third kappa shape index (κ3) is 4.86. The van der Waals surface area contributed by atoms with Crippen LogP contribution < -0.4 is 5.43 Å². The molecule has 0 heterocycles. The smallest absolute Gasteiger partial charge is 0.271 e.